The number of hydrogen-bond donors (Lipinski definition) is 2. The molecule has 1 heterocycles. The zero-order valence-electron chi connectivity index (χ0n) is 10.6. The van der Waals surface area contributed by atoms with E-state index in [-0.39, 0.29) is 5.88 Å². The molecule has 1 aromatic heterocycles. The van der Waals surface area contributed by atoms with E-state index in [2.05, 4.69) is 4.99 Å². The number of aromatic hydroxyl groups is 1. The van der Waals surface area contributed by atoms with E-state index < -0.39 is 12.0 Å². The second kappa shape index (κ2) is 5.98. The van der Waals surface area contributed by atoms with Gasteiger partial charge in [0.1, 0.15) is 10.9 Å². The van der Waals surface area contributed by atoms with Crippen molar-refractivity contribution in [3.63, 3.8) is 0 Å². The molecule has 0 unspecified atom stereocenters. The van der Waals surface area contributed by atoms with Gasteiger partial charge in [0.05, 0.1) is 11.9 Å². The van der Waals surface area contributed by atoms with Gasteiger partial charge in [-0.25, -0.2) is 4.79 Å². The average Bonchev–Trinajstić information content (AvgIpc) is 2.71. The van der Waals surface area contributed by atoms with Crippen molar-refractivity contribution in [3.05, 3.63) is 39.2 Å². The molecule has 20 heavy (non-hydrogen) atoms. The molecule has 2 rings (SSSR count). The average molecular weight is 308 g/mol. The molecule has 0 bridgehead atoms. The van der Waals surface area contributed by atoms with Gasteiger partial charge in [-0.2, -0.15) is 0 Å². The minimum atomic E-state index is -1.05. The van der Waals surface area contributed by atoms with Crippen LogP contribution in [0.3, 0.4) is 0 Å². The first-order valence-corrected chi connectivity index (χ1v) is 6.99. The van der Waals surface area contributed by atoms with Crippen LogP contribution in [0, 0.1) is 3.95 Å². The fourth-order valence-electron chi connectivity index (χ4n) is 1.58. The van der Waals surface area contributed by atoms with Gasteiger partial charge in [-0.1, -0.05) is 29.5 Å². The normalized spacial score (nSPS) is 12.7. The standard InChI is InChI=1S/C13H12N2O3S2/c1-8(12(17)18)15-11(16)10(20-13(15)19)7-14-9-5-3-2-4-6-9/h2-8,16H,1H3,(H,17,18)/t8-/m0/s1. The maximum atomic E-state index is 11.0. The van der Waals surface area contributed by atoms with Crippen molar-refractivity contribution in [1.82, 2.24) is 4.57 Å². The number of para-hydroxylation sites is 1. The molecule has 0 fully saturated rings. The Bertz CT molecular complexity index is 704. The Morgan fingerprint density at radius 1 is 1.45 bits per heavy atom. The summed E-state index contributed by atoms with van der Waals surface area (Å²) in [6.45, 7) is 1.46. The first-order valence-electron chi connectivity index (χ1n) is 5.77. The second-order valence-corrected chi connectivity index (χ2v) is 5.71. The minimum Gasteiger partial charge on any atom is -0.493 e. The third-order valence-electron chi connectivity index (χ3n) is 2.67. The van der Waals surface area contributed by atoms with E-state index in [9.17, 15) is 9.90 Å². The van der Waals surface area contributed by atoms with Crippen LogP contribution in [0.15, 0.2) is 35.3 Å². The molecule has 0 spiro atoms. The van der Waals surface area contributed by atoms with E-state index in [4.69, 9.17) is 17.3 Å². The number of aromatic nitrogens is 1. The first kappa shape index (κ1) is 14.4. The van der Waals surface area contributed by atoms with Crippen molar-refractivity contribution in [2.24, 2.45) is 4.99 Å². The van der Waals surface area contributed by atoms with Gasteiger partial charge in [0, 0.05) is 0 Å². The number of thiazole rings is 1. The summed E-state index contributed by atoms with van der Waals surface area (Å²) in [4.78, 5) is 15.6. The molecule has 2 N–H and O–H groups in total. The lowest BCUT2D eigenvalue weighted by Crippen LogP contribution is -2.15. The largest absolute Gasteiger partial charge is 0.493 e. The van der Waals surface area contributed by atoms with Crippen molar-refractivity contribution in [2.45, 2.75) is 13.0 Å². The molecule has 5 nitrogen and oxygen atoms in total. The molecular formula is C13H12N2O3S2. The fourth-order valence-corrected chi connectivity index (χ4v) is 2.92. The summed E-state index contributed by atoms with van der Waals surface area (Å²) in [5.41, 5.74) is 0.740. The SMILES string of the molecule is C[C@@H](C(=O)O)n1c(O)c(C=Nc2ccccc2)sc1=S. The van der Waals surface area contributed by atoms with Crippen molar-refractivity contribution >= 4 is 41.4 Å². The van der Waals surface area contributed by atoms with Crippen LogP contribution >= 0.6 is 23.6 Å². The van der Waals surface area contributed by atoms with Crippen molar-refractivity contribution in [3.8, 4) is 5.88 Å². The highest BCUT2D eigenvalue weighted by Gasteiger charge is 2.20. The van der Waals surface area contributed by atoms with Gasteiger partial charge in [0.25, 0.3) is 0 Å². The van der Waals surface area contributed by atoms with Crippen molar-refractivity contribution < 1.29 is 15.0 Å². The number of aliphatic imine (C=N–C) groups is 1. The van der Waals surface area contributed by atoms with Crippen molar-refractivity contribution in [2.75, 3.05) is 0 Å². The zero-order valence-corrected chi connectivity index (χ0v) is 12.2. The Balaban J connectivity index is 2.36. The van der Waals surface area contributed by atoms with Gasteiger partial charge in [-0.05, 0) is 31.3 Å². The lowest BCUT2D eigenvalue weighted by atomic mass is 10.3. The highest BCUT2D eigenvalue weighted by molar-refractivity contribution is 7.73. The molecule has 0 amide bonds. The van der Waals surface area contributed by atoms with E-state index in [0.29, 0.717) is 8.83 Å². The van der Waals surface area contributed by atoms with Gasteiger partial charge in [0.2, 0.25) is 5.88 Å². The van der Waals surface area contributed by atoms with Gasteiger partial charge in [-0.3, -0.25) is 9.56 Å². The van der Waals surface area contributed by atoms with Crippen LogP contribution in [0.1, 0.15) is 17.8 Å². The number of carbonyl (C=O) groups is 1. The molecule has 0 saturated heterocycles. The number of rotatable bonds is 4. The predicted octanol–water partition coefficient (Wildman–Crippen LogP) is 3.38. The highest BCUT2D eigenvalue weighted by atomic mass is 32.1. The maximum Gasteiger partial charge on any atom is 0.326 e. The van der Waals surface area contributed by atoms with Crippen LogP contribution in [0.4, 0.5) is 5.69 Å². The lowest BCUT2D eigenvalue weighted by Gasteiger charge is -2.08. The smallest absolute Gasteiger partial charge is 0.326 e. The van der Waals surface area contributed by atoms with Crippen molar-refractivity contribution in [1.29, 1.82) is 0 Å². The maximum absolute atomic E-state index is 11.0. The molecule has 1 aromatic carbocycles. The molecule has 0 radical (unpaired) electrons. The van der Waals surface area contributed by atoms with Gasteiger partial charge in [0.15, 0.2) is 3.95 Å². The van der Waals surface area contributed by atoms with Gasteiger partial charge < -0.3 is 10.2 Å². The first-order chi connectivity index (χ1) is 9.50. The Labute approximate surface area is 124 Å². The molecule has 0 saturated carbocycles. The predicted molar refractivity (Wildman–Crippen MR) is 80.9 cm³/mol. The summed E-state index contributed by atoms with van der Waals surface area (Å²) in [6.07, 6.45) is 1.48. The van der Waals surface area contributed by atoms with E-state index >= 15 is 0 Å². The van der Waals surface area contributed by atoms with E-state index in [1.165, 1.54) is 17.7 Å². The summed E-state index contributed by atoms with van der Waals surface area (Å²) in [6, 6.07) is 8.31. The summed E-state index contributed by atoms with van der Waals surface area (Å²) >= 11 is 6.20. The number of hydrogen-bond acceptors (Lipinski definition) is 5. The molecule has 0 aliphatic heterocycles. The number of aliphatic carboxylic acids is 1. The molecule has 2 aromatic rings. The van der Waals surface area contributed by atoms with E-state index in [0.717, 1.165) is 17.0 Å². The van der Waals surface area contributed by atoms with Crippen LogP contribution in [0.2, 0.25) is 0 Å². The van der Waals surface area contributed by atoms with Gasteiger partial charge >= 0.3 is 5.97 Å². The lowest BCUT2D eigenvalue weighted by molar-refractivity contribution is -0.140. The number of carboxylic acids is 1. The van der Waals surface area contributed by atoms with Crippen LogP contribution in [-0.4, -0.2) is 27.0 Å². The third kappa shape index (κ3) is 2.94. The summed E-state index contributed by atoms with van der Waals surface area (Å²) in [5.74, 6) is -1.23. The second-order valence-electron chi connectivity index (χ2n) is 4.03. The number of benzene rings is 1. The number of nitrogens with zero attached hydrogens (tertiary/aromatic N) is 2. The molecule has 0 aliphatic carbocycles. The van der Waals surface area contributed by atoms with Crippen LogP contribution in [0.25, 0.3) is 0 Å². The Hall–Kier alpha value is -1.99. The monoisotopic (exact) mass is 308 g/mol. The number of carboxylic acid groups (broad SMARTS) is 1. The Kier molecular flexibility index (Phi) is 4.31. The van der Waals surface area contributed by atoms with Crippen LogP contribution in [0.5, 0.6) is 5.88 Å². The Morgan fingerprint density at radius 3 is 2.70 bits per heavy atom. The molecule has 0 aliphatic rings. The van der Waals surface area contributed by atoms with Crippen LogP contribution < -0.4 is 0 Å². The van der Waals surface area contributed by atoms with E-state index in [1.54, 1.807) is 0 Å². The zero-order chi connectivity index (χ0) is 14.7. The molecule has 7 heteroatoms. The highest BCUT2D eigenvalue weighted by Crippen LogP contribution is 2.28. The molecule has 104 valence electrons. The topological polar surface area (TPSA) is 74.8 Å². The Morgan fingerprint density at radius 2 is 2.10 bits per heavy atom. The summed E-state index contributed by atoms with van der Waals surface area (Å²) in [7, 11) is 0. The molecule has 1 atom stereocenters. The fraction of sp³-hybridized carbons (Fsp3) is 0.154. The summed E-state index contributed by atoms with van der Waals surface area (Å²) < 4.78 is 1.50. The third-order valence-corrected chi connectivity index (χ3v) is 4.00. The van der Waals surface area contributed by atoms with Crippen LogP contribution in [-0.2, 0) is 4.79 Å². The van der Waals surface area contributed by atoms with E-state index in [1.807, 2.05) is 30.3 Å². The summed E-state index contributed by atoms with van der Waals surface area (Å²) in [5, 5.41) is 19.1. The van der Waals surface area contributed by atoms with Gasteiger partial charge in [-0.15, -0.1) is 0 Å². The molecular weight excluding hydrogens is 296 g/mol. The quantitative estimate of drug-likeness (QED) is 0.670. The minimum absolute atomic E-state index is 0.172.